The van der Waals surface area contributed by atoms with E-state index in [0.29, 0.717) is 18.0 Å². The molecular formula is C26H21ClN2O6. The molecule has 0 saturated heterocycles. The number of amides is 3. The molecule has 0 spiro atoms. The number of carbonyl (C=O) groups is 4. The summed E-state index contributed by atoms with van der Waals surface area (Å²) in [6.45, 7) is 3.83. The number of nitrogens with zero attached hydrogens (tertiary/aromatic N) is 1. The molecule has 0 bridgehead atoms. The van der Waals surface area contributed by atoms with E-state index in [0.717, 1.165) is 4.90 Å². The van der Waals surface area contributed by atoms with E-state index in [-0.39, 0.29) is 27.4 Å². The second kappa shape index (κ2) is 9.99. The maximum Gasteiger partial charge on any atom is 0.338 e. The normalized spacial score (nSPS) is 13.3. The summed E-state index contributed by atoms with van der Waals surface area (Å²) in [7, 11) is 0. The number of hydrogen-bond donors (Lipinski definition) is 1. The predicted molar refractivity (Wildman–Crippen MR) is 130 cm³/mol. The minimum atomic E-state index is -1.11. The lowest BCUT2D eigenvalue weighted by atomic mass is 10.1. The van der Waals surface area contributed by atoms with Crippen molar-refractivity contribution in [3.8, 4) is 5.75 Å². The van der Waals surface area contributed by atoms with E-state index < -0.39 is 29.8 Å². The molecule has 1 N–H and O–H groups in total. The van der Waals surface area contributed by atoms with Gasteiger partial charge in [0.15, 0.2) is 6.10 Å². The van der Waals surface area contributed by atoms with Gasteiger partial charge in [0, 0.05) is 5.69 Å². The van der Waals surface area contributed by atoms with E-state index in [1.165, 1.54) is 25.1 Å². The maximum atomic E-state index is 13.0. The van der Waals surface area contributed by atoms with Gasteiger partial charge in [-0.3, -0.25) is 14.4 Å². The van der Waals surface area contributed by atoms with Gasteiger partial charge in [0.25, 0.3) is 17.7 Å². The molecule has 3 aromatic rings. The molecule has 178 valence electrons. The topological polar surface area (TPSA) is 102 Å². The van der Waals surface area contributed by atoms with Crippen LogP contribution in [0.1, 0.15) is 44.9 Å². The van der Waals surface area contributed by atoms with Gasteiger partial charge in [-0.1, -0.05) is 23.7 Å². The fraction of sp³-hybridized carbons (Fsp3) is 0.154. The van der Waals surface area contributed by atoms with Crippen molar-refractivity contribution in [3.05, 3.63) is 88.4 Å². The largest absolute Gasteiger partial charge is 0.494 e. The Balaban J connectivity index is 1.45. The summed E-state index contributed by atoms with van der Waals surface area (Å²) < 4.78 is 10.6. The number of esters is 1. The van der Waals surface area contributed by atoms with Crippen molar-refractivity contribution in [3.63, 3.8) is 0 Å². The molecule has 1 aliphatic heterocycles. The standard InChI is InChI=1S/C26H21ClN2O6/c1-3-34-18-11-9-17(10-12-18)28-23(30)15(2)35-26(33)16-8-13-19-20(14-16)25(32)29(24(19)31)22-7-5-4-6-21(22)27/h4-15H,3H2,1-2H3,(H,28,30). The summed E-state index contributed by atoms with van der Waals surface area (Å²) >= 11 is 6.16. The van der Waals surface area contributed by atoms with Crippen molar-refractivity contribution >= 4 is 46.7 Å². The highest BCUT2D eigenvalue weighted by molar-refractivity contribution is 6.39. The summed E-state index contributed by atoms with van der Waals surface area (Å²) in [5.74, 6) is -1.81. The molecule has 8 nitrogen and oxygen atoms in total. The monoisotopic (exact) mass is 492 g/mol. The van der Waals surface area contributed by atoms with E-state index in [4.69, 9.17) is 21.1 Å². The van der Waals surface area contributed by atoms with Crippen LogP contribution in [0, 0.1) is 0 Å². The van der Waals surface area contributed by atoms with Crippen LogP contribution in [0.5, 0.6) is 5.75 Å². The molecule has 1 aliphatic rings. The first kappa shape index (κ1) is 24.0. The first-order chi connectivity index (χ1) is 16.8. The summed E-state index contributed by atoms with van der Waals surface area (Å²) in [5, 5.41) is 2.91. The molecule has 0 aliphatic carbocycles. The van der Waals surface area contributed by atoms with Crippen LogP contribution < -0.4 is 15.0 Å². The second-order valence-electron chi connectivity index (χ2n) is 7.65. The Hall–Kier alpha value is -4.17. The van der Waals surface area contributed by atoms with E-state index in [1.54, 1.807) is 48.5 Å². The quantitative estimate of drug-likeness (QED) is 0.378. The molecule has 0 fully saturated rings. The lowest BCUT2D eigenvalue weighted by Crippen LogP contribution is -2.30. The number of para-hydroxylation sites is 1. The number of benzene rings is 3. The van der Waals surface area contributed by atoms with Crippen molar-refractivity contribution in [1.29, 1.82) is 0 Å². The average molecular weight is 493 g/mol. The fourth-order valence-corrected chi connectivity index (χ4v) is 3.77. The number of nitrogens with one attached hydrogen (secondary N) is 1. The second-order valence-corrected chi connectivity index (χ2v) is 8.06. The van der Waals surface area contributed by atoms with Gasteiger partial charge in [-0.25, -0.2) is 9.69 Å². The Morgan fingerprint density at radius 1 is 0.971 bits per heavy atom. The van der Waals surface area contributed by atoms with E-state index >= 15 is 0 Å². The number of anilines is 2. The molecule has 35 heavy (non-hydrogen) atoms. The van der Waals surface area contributed by atoms with Gasteiger partial charge in [-0.05, 0) is 68.4 Å². The van der Waals surface area contributed by atoms with Gasteiger partial charge in [-0.15, -0.1) is 0 Å². The minimum absolute atomic E-state index is 0.0339. The number of imide groups is 1. The maximum absolute atomic E-state index is 13.0. The Bertz CT molecular complexity index is 1320. The van der Waals surface area contributed by atoms with Crippen LogP contribution in [0.25, 0.3) is 0 Å². The zero-order valence-electron chi connectivity index (χ0n) is 18.9. The third-order valence-electron chi connectivity index (χ3n) is 5.30. The zero-order chi connectivity index (χ0) is 25.1. The Kier molecular flexibility index (Phi) is 6.84. The Morgan fingerprint density at radius 3 is 2.34 bits per heavy atom. The molecule has 1 atom stereocenters. The lowest BCUT2D eigenvalue weighted by molar-refractivity contribution is -0.123. The molecule has 4 rings (SSSR count). The van der Waals surface area contributed by atoms with Crippen LogP contribution in [0.15, 0.2) is 66.7 Å². The van der Waals surface area contributed by atoms with Gasteiger partial charge >= 0.3 is 5.97 Å². The molecule has 0 saturated carbocycles. The fourth-order valence-electron chi connectivity index (χ4n) is 3.55. The molecule has 3 amide bonds. The highest BCUT2D eigenvalue weighted by atomic mass is 35.5. The summed E-state index contributed by atoms with van der Waals surface area (Å²) in [6, 6.07) is 17.3. The van der Waals surface area contributed by atoms with E-state index in [2.05, 4.69) is 5.32 Å². The van der Waals surface area contributed by atoms with Gasteiger partial charge in [0.2, 0.25) is 0 Å². The van der Waals surface area contributed by atoms with Crippen molar-refractivity contribution in [2.45, 2.75) is 20.0 Å². The van der Waals surface area contributed by atoms with Crippen molar-refractivity contribution in [1.82, 2.24) is 0 Å². The molecule has 1 unspecified atom stereocenters. The number of rotatable bonds is 7. The van der Waals surface area contributed by atoms with Crippen LogP contribution in [-0.2, 0) is 9.53 Å². The van der Waals surface area contributed by atoms with Crippen molar-refractivity contribution < 1.29 is 28.7 Å². The van der Waals surface area contributed by atoms with Crippen LogP contribution >= 0.6 is 11.6 Å². The summed E-state index contributed by atoms with van der Waals surface area (Å²) in [5.41, 5.74) is 1.00. The molecule has 3 aromatic carbocycles. The Morgan fingerprint density at radius 2 is 1.66 bits per heavy atom. The number of halogens is 1. The number of hydrogen-bond acceptors (Lipinski definition) is 6. The van der Waals surface area contributed by atoms with Crippen LogP contribution in [0.4, 0.5) is 11.4 Å². The van der Waals surface area contributed by atoms with Gasteiger partial charge in [0.05, 0.1) is 34.0 Å². The molecule has 0 radical (unpaired) electrons. The lowest BCUT2D eigenvalue weighted by Gasteiger charge is -2.15. The van der Waals surface area contributed by atoms with E-state index in [1.807, 2.05) is 6.92 Å². The van der Waals surface area contributed by atoms with Crippen LogP contribution in [0.2, 0.25) is 5.02 Å². The summed E-state index contributed by atoms with van der Waals surface area (Å²) in [4.78, 5) is 51.9. The highest BCUT2D eigenvalue weighted by Gasteiger charge is 2.38. The molecule has 9 heteroatoms. The number of fused-ring (bicyclic) bond motifs is 1. The highest BCUT2D eigenvalue weighted by Crippen LogP contribution is 2.33. The molecule has 0 aromatic heterocycles. The van der Waals surface area contributed by atoms with Crippen LogP contribution in [0.3, 0.4) is 0 Å². The minimum Gasteiger partial charge on any atom is -0.494 e. The average Bonchev–Trinajstić information content (AvgIpc) is 3.10. The van der Waals surface area contributed by atoms with Crippen molar-refractivity contribution in [2.75, 3.05) is 16.8 Å². The number of carbonyl (C=O) groups excluding carboxylic acids is 4. The zero-order valence-corrected chi connectivity index (χ0v) is 19.7. The number of ether oxygens (including phenoxy) is 2. The predicted octanol–water partition coefficient (Wildman–Crippen LogP) is 4.72. The molecule has 1 heterocycles. The first-order valence-electron chi connectivity index (χ1n) is 10.8. The van der Waals surface area contributed by atoms with Gasteiger partial charge in [0.1, 0.15) is 5.75 Å². The van der Waals surface area contributed by atoms with E-state index in [9.17, 15) is 19.2 Å². The molecular weight excluding hydrogens is 472 g/mol. The Labute approximate surface area is 206 Å². The van der Waals surface area contributed by atoms with Crippen LogP contribution in [-0.4, -0.2) is 36.4 Å². The first-order valence-corrected chi connectivity index (χ1v) is 11.2. The van der Waals surface area contributed by atoms with Gasteiger partial charge in [-0.2, -0.15) is 0 Å². The third-order valence-corrected chi connectivity index (χ3v) is 5.62. The smallest absolute Gasteiger partial charge is 0.338 e. The third kappa shape index (κ3) is 4.88. The summed E-state index contributed by atoms with van der Waals surface area (Å²) in [6.07, 6.45) is -1.11. The van der Waals surface area contributed by atoms with Gasteiger partial charge < -0.3 is 14.8 Å². The van der Waals surface area contributed by atoms with Crippen molar-refractivity contribution in [2.24, 2.45) is 0 Å². The SMILES string of the molecule is CCOc1ccc(NC(=O)C(C)OC(=O)c2ccc3c(c2)C(=O)N(c2ccccc2Cl)C3=O)cc1.